The van der Waals surface area contributed by atoms with Crippen LogP contribution in [0.5, 0.6) is 11.5 Å². The Hall–Kier alpha value is -3.84. The summed E-state index contributed by atoms with van der Waals surface area (Å²) in [4.78, 5) is 17.0. The number of pyridine rings is 1. The molecule has 0 unspecified atom stereocenters. The number of anilines is 2. The van der Waals surface area contributed by atoms with E-state index in [9.17, 15) is 4.79 Å². The van der Waals surface area contributed by atoms with Crippen molar-refractivity contribution in [3.63, 3.8) is 0 Å². The molecule has 2 amide bonds. The molecule has 0 atom stereocenters. The minimum atomic E-state index is -1.55. The van der Waals surface area contributed by atoms with Crippen LogP contribution in [0.15, 0.2) is 79.1 Å². The number of benzene rings is 3. The lowest BCUT2D eigenvalue weighted by atomic mass is 10.1. The number of nitrogens with zero attached hydrogens (tertiary/aromatic N) is 1. The molecule has 6 nitrogen and oxygen atoms in total. The van der Waals surface area contributed by atoms with E-state index in [-0.39, 0.29) is 6.03 Å². The lowest BCUT2D eigenvalue weighted by molar-refractivity contribution is 0.262. The molecule has 3 aromatic carbocycles. The highest BCUT2D eigenvalue weighted by Crippen LogP contribution is 2.32. The van der Waals surface area contributed by atoms with Gasteiger partial charge in [0.1, 0.15) is 18.1 Å². The van der Waals surface area contributed by atoms with E-state index in [2.05, 4.69) is 41.3 Å². The van der Waals surface area contributed by atoms with E-state index < -0.39 is 8.07 Å². The molecule has 1 aromatic heterocycles. The highest BCUT2D eigenvalue weighted by molar-refractivity contribution is 6.88. The quantitative estimate of drug-likeness (QED) is 0.324. The number of aromatic nitrogens is 1. The van der Waals surface area contributed by atoms with E-state index in [0.717, 1.165) is 22.1 Å². The fourth-order valence-corrected chi connectivity index (χ4v) is 4.86. The van der Waals surface area contributed by atoms with Crippen molar-refractivity contribution in [2.75, 3.05) is 17.7 Å². The maximum Gasteiger partial charge on any atom is 0.323 e. The first-order chi connectivity index (χ1) is 16.3. The molecule has 7 heteroatoms. The number of rotatable bonds is 7. The Morgan fingerprint density at radius 1 is 0.853 bits per heavy atom. The van der Waals surface area contributed by atoms with Gasteiger partial charge >= 0.3 is 6.03 Å². The van der Waals surface area contributed by atoms with E-state index in [4.69, 9.17) is 9.47 Å². The molecule has 0 radical (unpaired) electrons. The molecule has 0 spiro atoms. The fraction of sp³-hybridized carbons (Fsp3) is 0.185. The van der Waals surface area contributed by atoms with Gasteiger partial charge in [-0.25, -0.2) is 4.79 Å². The summed E-state index contributed by atoms with van der Waals surface area (Å²) in [5.74, 6) is 1.38. The van der Waals surface area contributed by atoms with Crippen LogP contribution in [-0.2, 0) is 6.61 Å². The third-order valence-corrected chi connectivity index (χ3v) is 7.63. The number of carbonyl (C=O) groups excluding carboxylic acids is 1. The standard InChI is InChI=1S/C27H29N3O3Si/c1-32-26-11-9-20(34(2,3)4)17-24(26)30-27(31)29-23-10-12-25(22-8-6-5-7-21(22)23)33-18-19-13-15-28-16-14-19/h5-17H,18H2,1-4H3,(H2,29,30,31). The third-order valence-electron chi connectivity index (χ3n) is 5.59. The van der Waals surface area contributed by atoms with E-state index in [0.29, 0.717) is 23.7 Å². The molecule has 0 aliphatic rings. The largest absolute Gasteiger partial charge is 0.495 e. The zero-order chi connectivity index (χ0) is 24.1. The maximum atomic E-state index is 12.9. The third kappa shape index (κ3) is 5.37. The van der Waals surface area contributed by atoms with Crippen LogP contribution in [0.4, 0.5) is 16.2 Å². The molecule has 2 N–H and O–H groups in total. The first-order valence-electron chi connectivity index (χ1n) is 11.1. The average molecular weight is 472 g/mol. The zero-order valence-corrected chi connectivity index (χ0v) is 20.9. The number of nitrogens with one attached hydrogen (secondary N) is 2. The Labute approximate surface area is 201 Å². The first kappa shape index (κ1) is 23.3. The molecule has 0 aliphatic heterocycles. The Balaban J connectivity index is 1.55. The van der Waals surface area contributed by atoms with Crippen molar-refractivity contribution in [3.8, 4) is 11.5 Å². The van der Waals surface area contributed by atoms with Gasteiger partial charge in [0.2, 0.25) is 0 Å². The van der Waals surface area contributed by atoms with Crippen molar-refractivity contribution in [3.05, 3.63) is 84.7 Å². The minimum Gasteiger partial charge on any atom is -0.495 e. The van der Waals surface area contributed by atoms with E-state index in [1.54, 1.807) is 19.5 Å². The fourth-order valence-electron chi connectivity index (χ4n) is 3.69. The second kappa shape index (κ2) is 9.97. The van der Waals surface area contributed by atoms with Gasteiger partial charge in [-0.3, -0.25) is 4.98 Å². The van der Waals surface area contributed by atoms with Crippen LogP contribution in [-0.4, -0.2) is 26.2 Å². The van der Waals surface area contributed by atoms with Crippen molar-refractivity contribution in [2.24, 2.45) is 0 Å². The van der Waals surface area contributed by atoms with E-state index in [1.807, 2.05) is 60.7 Å². The summed E-state index contributed by atoms with van der Waals surface area (Å²) in [6, 6.07) is 21.1. The molecule has 34 heavy (non-hydrogen) atoms. The van der Waals surface area contributed by atoms with Crippen LogP contribution in [0.3, 0.4) is 0 Å². The number of hydrogen-bond donors (Lipinski definition) is 2. The van der Waals surface area contributed by atoms with Gasteiger partial charge in [-0.1, -0.05) is 55.2 Å². The SMILES string of the molecule is COc1ccc([Si](C)(C)C)cc1NC(=O)Nc1ccc(OCc2ccncc2)c2ccccc12. The lowest BCUT2D eigenvalue weighted by Crippen LogP contribution is -2.37. The summed E-state index contributed by atoms with van der Waals surface area (Å²) in [5.41, 5.74) is 2.39. The van der Waals surface area contributed by atoms with Crippen LogP contribution >= 0.6 is 0 Å². The Kier molecular flexibility index (Phi) is 6.84. The Morgan fingerprint density at radius 2 is 1.53 bits per heavy atom. The summed E-state index contributed by atoms with van der Waals surface area (Å²) in [5, 5.41) is 9.00. The van der Waals surface area contributed by atoms with Gasteiger partial charge in [-0.2, -0.15) is 0 Å². The number of ether oxygens (including phenoxy) is 2. The molecule has 174 valence electrons. The van der Waals surface area contributed by atoms with Crippen LogP contribution in [0, 0.1) is 0 Å². The van der Waals surface area contributed by atoms with Crippen LogP contribution in [0.25, 0.3) is 10.8 Å². The minimum absolute atomic E-state index is 0.332. The van der Waals surface area contributed by atoms with Crippen molar-refractivity contribution < 1.29 is 14.3 Å². The Bertz CT molecular complexity index is 1300. The molecule has 4 rings (SSSR count). The average Bonchev–Trinajstić information content (AvgIpc) is 2.83. The van der Waals surface area contributed by atoms with Crippen molar-refractivity contribution >= 4 is 41.4 Å². The van der Waals surface area contributed by atoms with E-state index in [1.165, 1.54) is 5.19 Å². The highest BCUT2D eigenvalue weighted by atomic mass is 28.3. The molecule has 1 heterocycles. The highest BCUT2D eigenvalue weighted by Gasteiger charge is 2.19. The summed E-state index contributed by atoms with van der Waals surface area (Å²) >= 11 is 0. The van der Waals surface area contributed by atoms with Crippen molar-refractivity contribution in [1.82, 2.24) is 4.98 Å². The lowest BCUT2D eigenvalue weighted by Gasteiger charge is -2.20. The van der Waals surface area contributed by atoms with Gasteiger partial charge in [0.15, 0.2) is 0 Å². The number of urea groups is 1. The molecular formula is C27H29N3O3Si. The summed E-state index contributed by atoms with van der Waals surface area (Å²) in [6.07, 6.45) is 3.49. The summed E-state index contributed by atoms with van der Waals surface area (Å²) in [7, 11) is 0.0567. The molecule has 4 aromatic rings. The van der Waals surface area contributed by atoms with Crippen LogP contribution in [0.2, 0.25) is 19.6 Å². The number of hydrogen-bond acceptors (Lipinski definition) is 4. The van der Waals surface area contributed by atoms with Gasteiger partial charge in [0.05, 0.1) is 26.6 Å². The predicted molar refractivity (Wildman–Crippen MR) is 141 cm³/mol. The summed E-state index contributed by atoms with van der Waals surface area (Å²) < 4.78 is 11.5. The van der Waals surface area contributed by atoms with Gasteiger partial charge in [0, 0.05) is 23.2 Å². The van der Waals surface area contributed by atoms with Crippen molar-refractivity contribution in [1.29, 1.82) is 0 Å². The normalized spacial score (nSPS) is 11.2. The number of methoxy groups -OCH3 is 1. The van der Waals surface area contributed by atoms with Gasteiger partial charge in [-0.15, -0.1) is 0 Å². The molecule has 0 saturated heterocycles. The van der Waals surface area contributed by atoms with Gasteiger partial charge in [0.25, 0.3) is 0 Å². The smallest absolute Gasteiger partial charge is 0.323 e. The van der Waals surface area contributed by atoms with Crippen molar-refractivity contribution in [2.45, 2.75) is 26.2 Å². The molecule has 0 saturated carbocycles. The number of amides is 2. The number of carbonyl (C=O) groups is 1. The molecular weight excluding hydrogens is 442 g/mol. The first-order valence-corrected chi connectivity index (χ1v) is 14.6. The Morgan fingerprint density at radius 3 is 2.24 bits per heavy atom. The predicted octanol–water partition coefficient (Wildman–Crippen LogP) is 6.01. The summed E-state index contributed by atoms with van der Waals surface area (Å²) in [6.45, 7) is 7.24. The van der Waals surface area contributed by atoms with Gasteiger partial charge < -0.3 is 20.1 Å². The molecule has 0 bridgehead atoms. The van der Waals surface area contributed by atoms with Gasteiger partial charge in [-0.05, 0) is 42.0 Å². The number of fused-ring (bicyclic) bond motifs is 1. The molecule has 0 fully saturated rings. The maximum absolute atomic E-state index is 12.9. The van der Waals surface area contributed by atoms with Crippen LogP contribution in [0.1, 0.15) is 5.56 Å². The topological polar surface area (TPSA) is 72.5 Å². The second-order valence-corrected chi connectivity index (χ2v) is 14.1. The zero-order valence-electron chi connectivity index (χ0n) is 19.9. The molecule has 0 aliphatic carbocycles. The monoisotopic (exact) mass is 471 g/mol. The van der Waals surface area contributed by atoms with Crippen LogP contribution < -0.4 is 25.3 Å². The second-order valence-electron chi connectivity index (χ2n) is 9.05. The van der Waals surface area contributed by atoms with E-state index >= 15 is 0 Å².